The maximum Gasteiger partial charge on any atom is 0.326 e. The summed E-state index contributed by atoms with van der Waals surface area (Å²) in [4.78, 5) is 104. The fourth-order valence-electron chi connectivity index (χ4n) is 7.29. The molecule has 0 aliphatic carbocycles. The van der Waals surface area contributed by atoms with E-state index in [0.717, 1.165) is 16.5 Å². The molecule has 0 aliphatic rings. The van der Waals surface area contributed by atoms with Gasteiger partial charge in [-0.3, -0.25) is 28.8 Å². The van der Waals surface area contributed by atoms with E-state index in [9.17, 15) is 48.9 Å². The van der Waals surface area contributed by atoms with E-state index in [-0.39, 0.29) is 50.0 Å². The number of benzene rings is 3. The Hall–Kier alpha value is -7.78. The van der Waals surface area contributed by atoms with Crippen LogP contribution in [-0.4, -0.2) is 114 Å². The van der Waals surface area contributed by atoms with Crippen molar-refractivity contribution in [1.29, 1.82) is 0 Å². The second-order valence-electron chi connectivity index (χ2n) is 16.1. The third-order valence-electron chi connectivity index (χ3n) is 11.0. The summed E-state index contributed by atoms with van der Waals surface area (Å²) in [5.74, 6) is -6.44. The molecule has 5 aromatic rings. The lowest BCUT2D eigenvalue weighted by Gasteiger charge is -2.27. The van der Waals surface area contributed by atoms with Gasteiger partial charge in [-0.05, 0) is 85.7 Å². The molecule has 21 nitrogen and oxygen atoms in total. The molecule has 6 atom stereocenters. The van der Waals surface area contributed by atoms with Gasteiger partial charge in [0.1, 0.15) is 41.7 Å². The van der Waals surface area contributed by atoms with E-state index >= 15 is 0 Å². The Morgan fingerprint density at radius 2 is 1.13 bits per heavy atom. The van der Waals surface area contributed by atoms with E-state index in [1.807, 2.05) is 24.3 Å². The van der Waals surface area contributed by atoms with Crippen LogP contribution in [0.1, 0.15) is 54.5 Å². The molecule has 356 valence electrons. The van der Waals surface area contributed by atoms with Gasteiger partial charge in [-0.2, -0.15) is 0 Å². The predicted molar refractivity (Wildman–Crippen MR) is 245 cm³/mol. The number of aromatic nitrogens is 3. The summed E-state index contributed by atoms with van der Waals surface area (Å²) in [6.45, 7) is 0.322. The molecule has 0 aliphatic heterocycles. The first kappa shape index (κ1) is 50.2. The van der Waals surface area contributed by atoms with E-state index in [2.05, 4.69) is 41.5 Å². The van der Waals surface area contributed by atoms with E-state index in [1.165, 1.54) is 61.1 Å². The molecule has 0 spiro atoms. The van der Waals surface area contributed by atoms with E-state index < -0.39 is 84.1 Å². The van der Waals surface area contributed by atoms with Crippen LogP contribution < -0.4 is 43.8 Å². The number of carbonyl (C=O) groups is 7. The molecule has 0 saturated heterocycles. The normalized spacial score (nSPS) is 13.8. The summed E-state index contributed by atoms with van der Waals surface area (Å²) in [5.41, 5.74) is 20.5. The fraction of sp³-hybridized carbons (Fsp3) is 0.348. The van der Waals surface area contributed by atoms with Gasteiger partial charge in [0.25, 0.3) is 0 Å². The van der Waals surface area contributed by atoms with Gasteiger partial charge in [0, 0.05) is 54.7 Å². The number of aliphatic carboxylic acids is 1. The van der Waals surface area contributed by atoms with Crippen molar-refractivity contribution in [1.82, 2.24) is 41.5 Å². The van der Waals surface area contributed by atoms with Crippen LogP contribution in [0.2, 0.25) is 0 Å². The molecule has 16 N–H and O–H groups in total. The minimum absolute atomic E-state index is 0.0528. The monoisotopic (exact) mass is 923 g/mol. The Kier molecular flexibility index (Phi) is 18.4. The topological polar surface area (TPSA) is 363 Å². The van der Waals surface area contributed by atoms with Gasteiger partial charge >= 0.3 is 5.97 Å². The zero-order valence-electron chi connectivity index (χ0n) is 36.6. The van der Waals surface area contributed by atoms with Crippen LogP contribution in [-0.2, 0) is 59.2 Å². The molecule has 5 rings (SSSR count). The zero-order valence-corrected chi connectivity index (χ0v) is 36.6. The van der Waals surface area contributed by atoms with Crippen molar-refractivity contribution in [3.8, 4) is 11.5 Å². The highest BCUT2D eigenvalue weighted by Crippen LogP contribution is 2.19. The van der Waals surface area contributed by atoms with Crippen LogP contribution >= 0.6 is 0 Å². The number of fused-ring (bicyclic) bond motifs is 1. The van der Waals surface area contributed by atoms with Crippen LogP contribution in [0.15, 0.2) is 91.5 Å². The van der Waals surface area contributed by atoms with Crippen molar-refractivity contribution in [2.75, 3.05) is 6.54 Å². The maximum absolute atomic E-state index is 14.4. The number of carboxylic acids is 1. The number of nitrogens with two attached hydrogens (primary N) is 3. The highest BCUT2D eigenvalue weighted by atomic mass is 16.4. The Bertz CT molecular complexity index is 2460. The van der Waals surface area contributed by atoms with E-state index in [0.29, 0.717) is 36.2 Å². The van der Waals surface area contributed by atoms with Crippen molar-refractivity contribution in [3.63, 3.8) is 0 Å². The average Bonchev–Trinajstić information content (AvgIpc) is 3.98. The number of primary amides is 1. The number of nitrogens with one attached hydrogen (secondary N) is 7. The van der Waals surface area contributed by atoms with Crippen molar-refractivity contribution < 1.29 is 48.9 Å². The van der Waals surface area contributed by atoms with Gasteiger partial charge < -0.3 is 69.1 Å². The van der Waals surface area contributed by atoms with Crippen LogP contribution in [0.25, 0.3) is 10.9 Å². The lowest BCUT2D eigenvalue weighted by molar-refractivity contribution is -0.142. The van der Waals surface area contributed by atoms with Crippen molar-refractivity contribution in [3.05, 3.63) is 114 Å². The first-order valence-electron chi connectivity index (χ1n) is 21.7. The Balaban J connectivity index is 1.37. The smallest absolute Gasteiger partial charge is 0.326 e. The lowest BCUT2D eigenvalue weighted by atomic mass is 10.0. The first-order chi connectivity index (χ1) is 32.1. The molecule has 3 aromatic carbocycles. The summed E-state index contributed by atoms with van der Waals surface area (Å²) >= 11 is 0. The van der Waals surface area contributed by atoms with Crippen LogP contribution in [0.5, 0.6) is 11.5 Å². The van der Waals surface area contributed by atoms with Gasteiger partial charge in [0.2, 0.25) is 35.4 Å². The third kappa shape index (κ3) is 15.4. The van der Waals surface area contributed by atoms with E-state index in [1.54, 1.807) is 6.20 Å². The number of hydrogen-bond acceptors (Lipinski definition) is 12. The molecule has 0 unspecified atom stereocenters. The van der Waals surface area contributed by atoms with E-state index in [4.69, 9.17) is 17.2 Å². The number of rotatable bonds is 26. The van der Waals surface area contributed by atoms with Crippen molar-refractivity contribution in [2.45, 2.75) is 94.0 Å². The third-order valence-corrected chi connectivity index (χ3v) is 11.0. The van der Waals surface area contributed by atoms with Crippen LogP contribution in [0, 0.1) is 0 Å². The number of carboxylic acid groups (broad SMARTS) is 1. The molecule has 0 radical (unpaired) electrons. The standard InChI is InChI=1S/C46H57N11O10/c47-18-4-3-7-35(53-41(61)33(48)21-28-23-51-34-6-2-1-5-32(28)34)42(62)56-38(22-29-24-50-25-52-29)45(65)55-37(19-26-8-12-30(58)13-9-26)44(64)54-36(16-17-40(49)60)43(63)57-39(46(66)67)20-27-10-14-31(59)15-11-27/h1-2,5-6,8-15,23-25,33,35-39,51,58-59H,3-4,7,16-22,47-48H2,(H2,49,60)(H,50,52)(H,53,61)(H,54,64)(H,55,65)(H,56,62)(H,57,63)(H,66,67)/t33-,35-,36-,37-,38-,39-/m0/s1. The highest BCUT2D eigenvalue weighted by Gasteiger charge is 2.34. The highest BCUT2D eigenvalue weighted by molar-refractivity contribution is 5.97. The van der Waals surface area contributed by atoms with Gasteiger partial charge in [-0.25, -0.2) is 9.78 Å². The van der Waals surface area contributed by atoms with Crippen molar-refractivity contribution >= 4 is 52.3 Å². The molecular formula is C46H57N11O10. The minimum Gasteiger partial charge on any atom is -0.508 e. The van der Waals surface area contributed by atoms with Gasteiger partial charge in [0.05, 0.1) is 12.4 Å². The maximum atomic E-state index is 14.4. The minimum atomic E-state index is -1.53. The summed E-state index contributed by atoms with van der Waals surface area (Å²) in [6, 6.07) is 10.8. The number of nitrogens with zero attached hydrogens (tertiary/aromatic N) is 1. The molecule has 2 heterocycles. The van der Waals surface area contributed by atoms with Gasteiger partial charge in [-0.15, -0.1) is 0 Å². The number of imidazole rings is 1. The summed E-state index contributed by atoms with van der Waals surface area (Å²) in [6.07, 6.45) is 4.54. The lowest BCUT2D eigenvalue weighted by Crippen LogP contribution is -2.60. The van der Waals surface area contributed by atoms with Gasteiger partial charge in [0.15, 0.2) is 0 Å². The second kappa shape index (κ2) is 24.5. The van der Waals surface area contributed by atoms with Crippen molar-refractivity contribution in [2.24, 2.45) is 17.2 Å². The van der Waals surface area contributed by atoms with Crippen LogP contribution in [0.3, 0.4) is 0 Å². The number of hydrogen-bond donors (Lipinski definition) is 13. The number of phenols is 2. The number of unbranched alkanes of at least 4 members (excludes halogenated alkanes) is 1. The largest absolute Gasteiger partial charge is 0.508 e. The molecule has 0 bridgehead atoms. The number of amides is 6. The number of para-hydroxylation sites is 1. The molecule has 0 fully saturated rings. The summed E-state index contributed by atoms with van der Waals surface area (Å²) < 4.78 is 0. The number of H-pyrrole nitrogens is 2. The number of aromatic hydroxyl groups is 2. The Morgan fingerprint density at radius 3 is 1.70 bits per heavy atom. The average molecular weight is 924 g/mol. The quantitative estimate of drug-likeness (QED) is 0.0320. The Morgan fingerprint density at radius 1 is 0.612 bits per heavy atom. The number of phenolic OH excluding ortho intramolecular Hbond substituents is 2. The molecule has 2 aromatic heterocycles. The summed E-state index contributed by atoms with van der Waals surface area (Å²) in [7, 11) is 0. The zero-order chi connectivity index (χ0) is 48.5. The molecule has 67 heavy (non-hydrogen) atoms. The van der Waals surface area contributed by atoms with Crippen LogP contribution in [0.4, 0.5) is 0 Å². The molecule has 21 heteroatoms. The second-order valence-corrected chi connectivity index (χ2v) is 16.1. The fourth-order valence-corrected chi connectivity index (χ4v) is 7.29. The number of aromatic amines is 2. The molecular weight excluding hydrogens is 867 g/mol. The number of carbonyl (C=O) groups excluding carboxylic acids is 6. The molecule has 6 amide bonds. The first-order valence-corrected chi connectivity index (χ1v) is 21.7. The Labute approximate surface area is 385 Å². The van der Waals surface area contributed by atoms with Gasteiger partial charge in [-0.1, -0.05) is 42.5 Å². The predicted octanol–water partition coefficient (Wildman–Crippen LogP) is -0.197. The molecule has 0 saturated carbocycles. The SMILES string of the molecule is NCCCC[C@H](NC(=O)[C@@H](N)Cc1c[nH]c2ccccc12)C(=O)N[C@@H](Cc1cnc[nH]1)C(=O)N[C@@H](Cc1ccc(O)cc1)C(=O)N[C@@H](CCC(N)=O)C(=O)N[C@@H](Cc1ccc(O)cc1)C(=O)O. The summed E-state index contributed by atoms with van der Waals surface area (Å²) in [5, 5.41) is 43.5.